The van der Waals surface area contributed by atoms with Gasteiger partial charge in [0.1, 0.15) is 11.6 Å². The molecule has 11 heteroatoms. The average Bonchev–Trinajstić information content (AvgIpc) is 2.66. The van der Waals surface area contributed by atoms with E-state index in [1.807, 2.05) is 0 Å². The molecule has 1 aromatic rings. The van der Waals surface area contributed by atoms with E-state index in [2.05, 4.69) is 20.4 Å². The molecule has 0 saturated carbocycles. The molecule has 1 fully saturated rings. The summed E-state index contributed by atoms with van der Waals surface area (Å²) < 4.78 is 68.7. The highest BCUT2D eigenvalue weighted by atomic mass is 32.2. The molecule has 0 radical (unpaired) electrons. The molecule has 0 spiro atoms. The Hall–Kier alpha value is -2.01. The van der Waals surface area contributed by atoms with E-state index in [1.54, 1.807) is 6.92 Å². The second kappa shape index (κ2) is 9.97. The summed E-state index contributed by atoms with van der Waals surface area (Å²) in [6.45, 7) is -0.727. The third kappa shape index (κ3) is 5.99. The number of guanidine groups is 1. The monoisotopic (exact) mass is 422 g/mol. The summed E-state index contributed by atoms with van der Waals surface area (Å²) in [6, 6.07) is 3.72. The number of rotatable bonds is 7. The van der Waals surface area contributed by atoms with E-state index >= 15 is 0 Å². The number of aliphatic imine (C=N–C) groups is 1. The van der Waals surface area contributed by atoms with Crippen LogP contribution in [0, 0.1) is 5.82 Å². The van der Waals surface area contributed by atoms with E-state index < -0.39 is 22.5 Å². The zero-order valence-corrected chi connectivity index (χ0v) is 16.6. The highest BCUT2D eigenvalue weighted by Crippen LogP contribution is 2.23. The van der Waals surface area contributed by atoms with Crippen LogP contribution in [0.4, 0.5) is 13.2 Å². The molecule has 0 aliphatic carbocycles. The Morgan fingerprint density at radius 1 is 1.36 bits per heavy atom. The van der Waals surface area contributed by atoms with E-state index in [1.165, 1.54) is 23.5 Å². The largest absolute Gasteiger partial charge is 0.434 e. The summed E-state index contributed by atoms with van der Waals surface area (Å²) >= 11 is 0. The van der Waals surface area contributed by atoms with Crippen LogP contribution in [0.5, 0.6) is 5.75 Å². The minimum absolute atomic E-state index is 0.00749. The van der Waals surface area contributed by atoms with Crippen molar-refractivity contribution in [1.82, 2.24) is 14.9 Å². The second-order valence-electron chi connectivity index (χ2n) is 6.24. The van der Waals surface area contributed by atoms with Crippen molar-refractivity contribution in [1.29, 1.82) is 0 Å². The standard InChI is InChI=1S/C17H25F3N4O3S/c1-3-28(25,26)24-9-7-12(8-10-24)23-17(21-2)22-11-13-14(18)5-4-6-15(13)27-16(19)20/h4-6,12,16H,3,7-11H2,1-2H3,(H2,21,22,23). The number of piperidine rings is 1. The van der Waals surface area contributed by atoms with E-state index in [4.69, 9.17) is 0 Å². The summed E-state index contributed by atoms with van der Waals surface area (Å²) in [6.07, 6.45) is 1.19. The highest BCUT2D eigenvalue weighted by Gasteiger charge is 2.27. The molecule has 0 unspecified atom stereocenters. The van der Waals surface area contributed by atoms with Crippen molar-refractivity contribution in [3.8, 4) is 5.75 Å². The first kappa shape index (κ1) is 22.3. The maximum Gasteiger partial charge on any atom is 0.387 e. The van der Waals surface area contributed by atoms with E-state index in [0.29, 0.717) is 31.9 Å². The number of nitrogens with zero attached hydrogens (tertiary/aromatic N) is 2. The Bertz CT molecular complexity index is 782. The zero-order chi connectivity index (χ0) is 20.7. The van der Waals surface area contributed by atoms with Crippen LogP contribution in [-0.4, -0.2) is 57.2 Å². The fourth-order valence-electron chi connectivity index (χ4n) is 2.94. The van der Waals surface area contributed by atoms with Crippen LogP contribution in [0.15, 0.2) is 23.2 Å². The van der Waals surface area contributed by atoms with E-state index in [0.717, 1.165) is 6.07 Å². The van der Waals surface area contributed by atoms with Crippen molar-refractivity contribution in [2.24, 2.45) is 4.99 Å². The fraction of sp³-hybridized carbons (Fsp3) is 0.588. The third-order valence-corrected chi connectivity index (χ3v) is 6.38. The van der Waals surface area contributed by atoms with Crippen LogP contribution in [0.2, 0.25) is 0 Å². The van der Waals surface area contributed by atoms with Gasteiger partial charge in [-0.05, 0) is 31.9 Å². The molecular weight excluding hydrogens is 397 g/mol. The molecule has 0 bridgehead atoms. The molecule has 28 heavy (non-hydrogen) atoms. The van der Waals surface area contributed by atoms with Gasteiger partial charge in [0.2, 0.25) is 10.0 Å². The summed E-state index contributed by atoms with van der Waals surface area (Å²) in [4.78, 5) is 4.05. The zero-order valence-electron chi connectivity index (χ0n) is 15.8. The quantitative estimate of drug-likeness (QED) is 0.518. The Morgan fingerprint density at radius 2 is 2.04 bits per heavy atom. The molecule has 1 saturated heterocycles. The fourth-order valence-corrected chi connectivity index (χ4v) is 4.07. The molecule has 2 rings (SSSR count). The van der Waals surface area contributed by atoms with Crippen molar-refractivity contribution < 1.29 is 26.3 Å². The lowest BCUT2D eigenvalue weighted by Gasteiger charge is -2.32. The Labute approximate surface area is 163 Å². The number of sulfonamides is 1. The van der Waals surface area contributed by atoms with Gasteiger partial charge in [-0.1, -0.05) is 6.07 Å². The van der Waals surface area contributed by atoms with Gasteiger partial charge < -0.3 is 15.4 Å². The van der Waals surface area contributed by atoms with Gasteiger partial charge in [-0.2, -0.15) is 8.78 Å². The third-order valence-electron chi connectivity index (χ3n) is 4.50. The lowest BCUT2D eigenvalue weighted by atomic mass is 10.1. The number of halogens is 3. The smallest absolute Gasteiger partial charge is 0.387 e. The summed E-state index contributed by atoms with van der Waals surface area (Å²) in [7, 11) is -1.67. The molecule has 2 N–H and O–H groups in total. The van der Waals surface area contributed by atoms with Gasteiger partial charge in [-0.15, -0.1) is 0 Å². The molecule has 158 valence electrons. The first-order valence-electron chi connectivity index (χ1n) is 8.94. The van der Waals surface area contributed by atoms with E-state index in [9.17, 15) is 21.6 Å². The van der Waals surface area contributed by atoms with Crippen molar-refractivity contribution in [2.75, 3.05) is 25.9 Å². The molecule has 0 atom stereocenters. The average molecular weight is 422 g/mol. The van der Waals surface area contributed by atoms with Crippen molar-refractivity contribution in [3.05, 3.63) is 29.6 Å². The maximum atomic E-state index is 14.0. The Balaban J connectivity index is 1.93. The van der Waals surface area contributed by atoms with Crippen molar-refractivity contribution >= 4 is 16.0 Å². The molecule has 1 aliphatic heterocycles. The Kier molecular flexibility index (Phi) is 7.93. The topological polar surface area (TPSA) is 83.0 Å². The molecule has 1 aliphatic rings. The van der Waals surface area contributed by atoms with Gasteiger partial charge >= 0.3 is 6.61 Å². The minimum Gasteiger partial charge on any atom is -0.434 e. The molecule has 1 heterocycles. The summed E-state index contributed by atoms with van der Waals surface area (Å²) in [5.74, 6) is -0.474. The summed E-state index contributed by atoms with van der Waals surface area (Å²) in [5, 5.41) is 6.03. The van der Waals surface area contributed by atoms with Gasteiger partial charge in [-0.25, -0.2) is 17.1 Å². The molecular formula is C17H25F3N4O3S. The van der Waals surface area contributed by atoms with Crippen LogP contribution < -0.4 is 15.4 Å². The Morgan fingerprint density at radius 3 is 2.61 bits per heavy atom. The predicted octanol–water partition coefficient (Wildman–Crippen LogP) is 1.91. The van der Waals surface area contributed by atoms with Gasteiger partial charge in [0.05, 0.1) is 5.75 Å². The number of hydrogen-bond donors (Lipinski definition) is 2. The number of benzene rings is 1. The van der Waals surface area contributed by atoms with Crippen LogP contribution >= 0.6 is 0 Å². The van der Waals surface area contributed by atoms with Crippen LogP contribution in [0.25, 0.3) is 0 Å². The van der Waals surface area contributed by atoms with Crippen molar-refractivity contribution in [2.45, 2.75) is 39.0 Å². The molecule has 7 nitrogen and oxygen atoms in total. The van der Waals surface area contributed by atoms with Crippen LogP contribution in [0.3, 0.4) is 0 Å². The van der Waals surface area contributed by atoms with Gasteiger partial charge in [-0.3, -0.25) is 4.99 Å². The number of hydrogen-bond acceptors (Lipinski definition) is 4. The number of alkyl halides is 2. The SMILES string of the molecule is CCS(=O)(=O)N1CCC(NC(=NC)NCc2c(F)cccc2OC(F)F)CC1. The lowest BCUT2D eigenvalue weighted by molar-refractivity contribution is -0.0506. The molecule has 0 amide bonds. The minimum atomic E-state index is -3.20. The molecule has 0 aromatic heterocycles. The first-order valence-corrected chi connectivity index (χ1v) is 10.5. The number of ether oxygens (including phenoxy) is 1. The summed E-state index contributed by atoms with van der Waals surface area (Å²) in [5.41, 5.74) is -0.0328. The van der Waals surface area contributed by atoms with Crippen LogP contribution in [0.1, 0.15) is 25.3 Å². The lowest BCUT2D eigenvalue weighted by Crippen LogP contribution is -2.49. The number of nitrogens with one attached hydrogen (secondary N) is 2. The predicted molar refractivity (Wildman–Crippen MR) is 100 cm³/mol. The van der Waals surface area contributed by atoms with Crippen molar-refractivity contribution in [3.63, 3.8) is 0 Å². The second-order valence-corrected chi connectivity index (χ2v) is 8.50. The van der Waals surface area contributed by atoms with E-state index in [-0.39, 0.29) is 29.7 Å². The maximum absolute atomic E-state index is 14.0. The highest BCUT2D eigenvalue weighted by molar-refractivity contribution is 7.89. The van der Waals surface area contributed by atoms with Gasteiger partial charge in [0.15, 0.2) is 5.96 Å². The normalized spacial score (nSPS) is 17.0. The van der Waals surface area contributed by atoms with Crippen LogP contribution in [-0.2, 0) is 16.6 Å². The van der Waals surface area contributed by atoms with Gasteiger partial charge in [0.25, 0.3) is 0 Å². The molecule has 1 aromatic carbocycles. The van der Waals surface area contributed by atoms with Gasteiger partial charge in [0, 0.05) is 38.3 Å². The first-order chi connectivity index (χ1) is 13.3.